The van der Waals surface area contributed by atoms with Gasteiger partial charge in [0, 0.05) is 12.3 Å². The molecule has 1 aliphatic carbocycles. The van der Waals surface area contributed by atoms with Crippen molar-refractivity contribution in [3.05, 3.63) is 42.0 Å². The van der Waals surface area contributed by atoms with Gasteiger partial charge in [0.05, 0.1) is 0 Å². The molecule has 13 heavy (non-hydrogen) atoms. The van der Waals surface area contributed by atoms with Crippen LogP contribution in [0, 0.1) is 5.92 Å². The molecule has 1 saturated carbocycles. The van der Waals surface area contributed by atoms with Gasteiger partial charge in [-0.15, -0.1) is 0 Å². The molecule has 0 saturated heterocycles. The Morgan fingerprint density at radius 3 is 2.38 bits per heavy atom. The lowest BCUT2D eigenvalue weighted by atomic mass is 10.2. The van der Waals surface area contributed by atoms with Crippen molar-refractivity contribution >= 4 is 6.08 Å². The second-order valence-corrected chi connectivity index (χ2v) is 3.34. The van der Waals surface area contributed by atoms with Crippen molar-refractivity contribution in [2.75, 3.05) is 0 Å². The molecule has 1 aliphatic rings. The number of hydrogen-bond donors (Lipinski definition) is 0. The quantitative estimate of drug-likeness (QED) is 0.654. The Kier molecular flexibility index (Phi) is 1.91. The highest BCUT2D eigenvalue weighted by molar-refractivity contribution is 5.50. The van der Waals surface area contributed by atoms with Crippen LogP contribution in [-0.2, 0) is 0 Å². The Bertz CT molecular complexity index is 314. The molecule has 0 aliphatic heterocycles. The molecule has 0 bridgehead atoms. The Hall–Kier alpha value is -1.18. The minimum absolute atomic E-state index is 0.0103. The molecular weight excluding hydrogens is 170 g/mol. The fraction of sp³-hybridized carbons (Fsp3) is 0.273. The van der Waals surface area contributed by atoms with Crippen molar-refractivity contribution in [3.63, 3.8) is 0 Å². The van der Waals surface area contributed by atoms with Crippen LogP contribution in [0.4, 0.5) is 8.78 Å². The lowest BCUT2D eigenvalue weighted by molar-refractivity contribution is 0.107. The fourth-order valence-electron chi connectivity index (χ4n) is 1.23. The first-order valence-electron chi connectivity index (χ1n) is 4.29. The molecule has 1 aromatic carbocycles. The van der Waals surface area contributed by atoms with Crippen molar-refractivity contribution in [3.8, 4) is 0 Å². The molecule has 1 unspecified atom stereocenters. The van der Waals surface area contributed by atoms with Crippen LogP contribution < -0.4 is 0 Å². The summed E-state index contributed by atoms with van der Waals surface area (Å²) in [5.41, 5.74) is 0.977. The molecule has 0 N–H and O–H groups in total. The highest BCUT2D eigenvalue weighted by Crippen LogP contribution is 2.49. The SMILES string of the molecule is FC1(F)CC1/C=C/c1ccccc1. The summed E-state index contributed by atoms with van der Waals surface area (Å²) in [6, 6.07) is 9.49. The van der Waals surface area contributed by atoms with Crippen LogP contribution in [0.1, 0.15) is 12.0 Å². The summed E-state index contributed by atoms with van der Waals surface area (Å²) in [6.07, 6.45) is 3.36. The van der Waals surface area contributed by atoms with E-state index in [1.165, 1.54) is 0 Å². The number of halogens is 2. The van der Waals surface area contributed by atoms with Crippen molar-refractivity contribution in [1.82, 2.24) is 0 Å². The molecule has 1 aromatic rings. The van der Waals surface area contributed by atoms with E-state index < -0.39 is 11.8 Å². The zero-order valence-corrected chi connectivity index (χ0v) is 7.08. The smallest absolute Gasteiger partial charge is 0.206 e. The lowest BCUT2D eigenvalue weighted by Gasteiger charge is -1.91. The largest absolute Gasteiger partial charge is 0.255 e. The van der Waals surface area contributed by atoms with Crippen LogP contribution in [0.15, 0.2) is 36.4 Å². The third-order valence-corrected chi connectivity index (χ3v) is 2.19. The standard InChI is InChI=1S/C11H10F2/c12-11(13)8-10(11)7-6-9-4-2-1-3-5-9/h1-7,10H,8H2/b7-6+. The highest BCUT2D eigenvalue weighted by atomic mass is 19.3. The highest BCUT2D eigenvalue weighted by Gasteiger charge is 2.54. The van der Waals surface area contributed by atoms with Gasteiger partial charge in [0.25, 0.3) is 5.92 Å². The molecule has 0 spiro atoms. The van der Waals surface area contributed by atoms with Gasteiger partial charge in [-0.1, -0.05) is 42.5 Å². The maximum absolute atomic E-state index is 12.4. The maximum Gasteiger partial charge on any atom is 0.255 e. The molecule has 2 heteroatoms. The van der Waals surface area contributed by atoms with Crippen LogP contribution in [0.5, 0.6) is 0 Å². The third kappa shape index (κ3) is 1.94. The number of benzene rings is 1. The predicted octanol–water partition coefficient (Wildman–Crippen LogP) is 3.36. The first-order chi connectivity index (χ1) is 6.18. The Morgan fingerprint density at radius 1 is 1.23 bits per heavy atom. The lowest BCUT2D eigenvalue weighted by Crippen LogP contribution is -1.89. The van der Waals surface area contributed by atoms with E-state index in [0.717, 1.165) is 5.56 Å². The predicted molar refractivity (Wildman–Crippen MR) is 48.5 cm³/mol. The molecule has 0 radical (unpaired) electrons. The Labute approximate surface area is 75.9 Å². The van der Waals surface area contributed by atoms with E-state index in [1.54, 1.807) is 12.2 Å². The normalized spacial score (nSPS) is 24.9. The summed E-state index contributed by atoms with van der Waals surface area (Å²) >= 11 is 0. The Balaban J connectivity index is 2.00. The van der Waals surface area contributed by atoms with Crippen molar-refractivity contribution < 1.29 is 8.78 Å². The second kappa shape index (κ2) is 2.95. The van der Waals surface area contributed by atoms with Gasteiger partial charge in [-0.25, -0.2) is 8.78 Å². The fourth-order valence-corrected chi connectivity index (χ4v) is 1.23. The zero-order chi connectivity index (χ0) is 9.31. The molecule has 68 valence electrons. The van der Waals surface area contributed by atoms with Crippen LogP contribution in [0.25, 0.3) is 6.08 Å². The van der Waals surface area contributed by atoms with Crippen molar-refractivity contribution in [1.29, 1.82) is 0 Å². The minimum Gasteiger partial charge on any atom is -0.206 e. The summed E-state index contributed by atoms with van der Waals surface area (Å²) in [7, 11) is 0. The van der Waals surface area contributed by atoms with Crippen LogP contribution in [0.3, 0.4) is 0 Å². The van der Waals surface area contributed by atoms with E-state index in [4.69, 9.17) is 0 Å². The van der Waals surface area contributed by atoms with E-state index in [9.17, 15) is 8.78 Å². The van der Waals surface area contributed by atoms with Gasteiger partial charge < -0.3 is 0 Å². The van der Waals surface area contributed by atoms with Gasteiger partial charge >= 0.3 is 0 Å². The molecule has 0 amide bonds. The molecule has 0 nitrogen and oxygen atoms in total. The van der Waals surface area contributed by atoms with Gasteiger partial charge in [-0.05, 0) is 5.56 Å². The van der Waals surface area contributed by atoms with E-state index >= 15 is 0 Å². The van der Waals surface area contributed by atoms with Gasteiger partial charge in [-0.2, -0.15) is 0 Å². The van der Waals surface area contributed by atoms with E-state index in [-0.39, 0.29) is 6.42 Å². The summed E-state index contributed by atoms with van der Waals surface area (Å²) < 4.78 is 24.9. The maximum atomic E-state index is 12.4. The molecule has 1 atom stereocenters. The second-order valence-electron chi connectivity index (χ2n) is 3.34. The van der Waals surface area contributed by atoms with Gasteiger partial charge in [0.15, 0.2) is 0 Å². The number of hydrogen-bond acceptors (Lipinski definition) is 0. The van der Waals surface area contributed by atoms with Crippen LogP contribution in [-0.4, -0.2) is 5.92 Å². The van der Waals surface area contributed by atoms with E-state index in [0.29, 0.717) is 0 Å². The molecule has 2 rings (SSSR count). The third-order valence-electron chi connectivity index (χ3n) is 2.19. The monoisotopic (exact) mass is 180 g/mol. The Morgan fingerprint density at radius 2 is 1.85 bits per heavy atom. The van der Waals surface area contributed by atoms with Crippen molar-refractivity contribution in [2.45, 2.75) is 12.3 Å². The number of rotatable bonds is 2. The first-order valence-corrected chi connectivity index (χ1v) is 4.29. The summed E-state index contributed by atoms with van der Waals surface area (Å²) in [5, 5.41) is 0. The van der Waals surface area contributed by atoms with Crippen LogP contribution >= 0.6 is 0 Å². The molecule has 1 fully saturated rings. The molecule has 0 aromatic heterocycles. The summed E-state index contributed by atoms with van der Waals surface area (Å²) in [6.45, 7) is 0. The topological polar surface area (TPSA) is 0 Å². The summed E-state index contributed by atoms with van der Waals surface area (Å²) in [5.74, 6) is -2.97. The number of allylic oxidation sites excluding steroid dienone is 1. The van der Waals surface area contributed by atoms with E-state index in [1.807, 2.05) is 30.3 Å². The average molecular weight is 180 g/mol. The van der Waals surface area contributed by atoms with Crippen LogP contribution in [0.2, 0.25) is 0 Å². The first kappa shape index (κ1) is 8.42. The molecular formula is C11H10F2. The zero-order valence-electron chi connectivity index (χ0n) is 7.08. The summed E-state index contributed by atoms with van der Waals surface area (Å²) in [4.78, 5) is 0. The average Bonchev–Trinajstić information content (AvgIpc) is 2.73. The number of alkyl halides is 2. The van der Waals surface area contributed by atoms with Gasteiger partial charge in [-0.3, -0.25) is 0 Å². The van der Waals surface area contributed by atoms with Gasteiger partial charge in [0.2, 0.25) is 0 Å². The van der Waals surface area contributed by atoms with Crippen molar-refractivity contribution in [2.24, 2.45) is 5.92 Å². The van der Waals surface area contributed by atoms with E-state index in [2.05, 4.69) is 0 Å². The molecule has 0 heterocycles. The minimum atomic E-state index is -2.44. The van der Waals surface area contributed by atoms with Gasteiger partial charge in [0.1, 0.15) is 0 Å².